The highest BCUT2D eigenvalue weighted by Crippen LogP contribution is 2.33. The van der Waals surface area contributed by atoms with Gasteiger partial charge in [-0.05, 0) is 68.0 Å². The van der Waals surface area contributed by atoms with E-state index in [1.54, 1.807) is 18.2 Å². The van der Waals surface area contributed by atoms with Crippen LogP contribution in [0.4, 0.5) is 24.7 Å². The number of rotatable bonds is 3. The van der Waals surface area contributed by atoms with Gasteiger partial charge in [-0.3, -0.25) is 4.79 Å². The third-order valence-electron chi connectivity index (χ3n) is 7.05. The number of aryl methyl sites for hydroxylation is 2. The smallest absolute Gasteiger partial charge is 0.383 e. The number of nitrogens with zero attached hydrogens (tertiary/aromatic N) is 4. The van der Waals surface area contributed by atoms with Crippen molar-refractivity contribution in [3.8, 4) is 11.8 Å². The number of nitrogens with one attached hydrogen (secondary N) is 1. The van der Waals surface area contributed by atoms with Gasteiger partial charge in [-0.15, -0.1) is 0 Å². The summed E-state index contributed by atoms with van der Waals surface area (Å²) in [7, 11) is 0. The van der Waals surface area contributed by atoms with Gasteiger partial charge in [0.2, 0.25) is 0 Å². The van der Waals surface area contributed by atoms with Crippen LogP contribution < -0.4 is 11.1 Å². The first-order valence-electron chi connectivity index (χ1n) is 12.7. The molecule has 0 atom stereocenters. The Kier molecular flexibility index (Phi) is 7.00. The minimum Gasteiger partial charge on any atom is -0.383 e. The van der Waals surface area contributed by atoms with Crippen LogP contribution >= 0.6 is 0 Å². The average molecular weight is 533 g/mol. The number of nitrogens with two attached hydrogens (primary N) is 1. The SMILES string of the molecule is Cc1ccc(NC(=O)c2ccc(C)c(C(F)(F)F)c2)cc1C#Cc1nn(C2CCCCC2)c2ncnc(N)c12. The van der Waals surface area contributed by atoms with Gasteiger partial charge < -0.3 is 11.1 Å². The van der Waals surface area contributed by atoms with E-state index in [4.69, 9.17) is 10.8 Å². The van der Waals surface area contributed by atoms with E-state index in [9.17, 15) is 18.0 Å². The van der Waals surface area contributed by atoms with E-state index in [1.807, 2.05) is 11.6 Å². The zero-order valence-corrected chi connectivity index (χ0v) is 21.6. The van der Waals surface area contributed by atoms with E-state index in [2.05, 4.69) is 27.1 Å². The largest absolute Gasteiger partial charge is 0.416 e. The van der Waals surface area contributed by atoms with Crippen molar-refractivity contribution in [1.82, 2.24) is 19.7 Å². The minimum absolute atomic E-state index is 0.0523. The molecule has 0 bridgehead atoms. The molecule has 1 aliphatic rings. The van der Waals surface area contributed by atoms with Crippen LogP contribution in [-0.4, -0.2) is 25.7 Å². The summed E-state index contributed by atoms with van der Waals surface area (Å²) in [6, 6.07) is 8.89. The van der Waals surface area contributed by atoms with Gasteiger partial charge in [-0.25, -0.2) is 14.6 Å². The predicted molar refractivity (Wildman–Crippen MR) is 143 cm³/mol. The molecule has 1 fully saturated rings. The van der Waals surface area contributed by atoms with Crippen molar-refractivity contribution in [2.75, 3.05) is 11.1 Å². The Bertz CT molecular complexity index is 1620. The van der Waals surface area contributed by atoms with Crippen molar-refractivity contribution in [1.29, 1.82) is 0 Å². The second-order valence-corrected chi connectivity index (χ2v) is 9.80. The van der Waals surface area contributed by atoms with Gasteiger partial charge in [-0.1, -0.05) is 37.3 Å². The summed E-state index contributed by atoms with van der Waals surface area (Å²) in [5, 5.41) is 8.05. The number of aromatic nitrogens is 4. The summed E-state index contributed by atoms with van der Waals surface area (Å²) >= 11 is 0. The minimum atomic E-state index is -4.55. The number of benzene rings is 2. The molecule has 2 aromatic heterocycles. The highest BCUT2D eigenvalue weighted by Gasteiger charge is 2.33. The fourth-order valence-electron chi connectivity index (χ4n) is 4.90. The lowest BCUT2D eigenvalue weighted by Gasteiger charge is -2.22. The molecule has 2 heterocycles. The summed E-state index contributed by atoms with van der Waals surface area (Å²) in [4.78, 5) is 21.3. The quantitative estimate of drug-likeness (QED) is 0.306. The Labute approximate surface area is 223 Å². The Hall–Kier alpha value is -4.39. The molecule has 39 heavy (non-hydrogen) atoms. The van der Waals surface area contributed by atoms with Gasteiger partial charge in [0.25, 0.3) is 5.91 Å². The summed E-state index contributed by atoms with van der Waals surface area (Å²) in [6.45, 7) is 3.23. The summed E-state index contributed by atoms with van der Waals surface area (Å²) in [6.07, 6.45) is 2.38. The molecule has 7 nitrogen and oxygen atoms in total. The maximum atomic E-state index is 13.3. The third kappa shape index (κ3) is 5.43. The zero-order chi connectivity index (χ0) is 27.7. The Balaban J connectivity index is 1.45. The van der Waals surface area contributed by atoms with Crippen molar-refractivity contribution in [2.45, 2.75) is 58.2 Å². The lowest BCUT2D eigenvalue weighted by Crippen LogP contribution is -2.15. The molecular weight excluding hydrogens is 505 g/mol. The highest BCUT2D eigenvalue weighted by atomic mass is 19.4. The molecule has 2 aromatic carbocycles. The number of hydrogen-bond acceptors (Lipinski definition) is 5. The fourth-order valence-corrected chi connectivity index (χ4v) is 4.90. The number of hydrogen-bond donors (Lipinski definition) is 2. The Morgan fingerprint density at radius 1 is 1.03 bits per heavy atom. The van der Waals surface area contributed by atoms with Gasteiger partial charge in [0.05, 0.1) is 17.0 Å². The lowest BCUT2D eigenvalue weighted by atomic mass is 9.96. The van der Waals surface area contributed by atoms with E-state index >= 15 is 0 Å². The third-order valence-corrected chi connectivity index (χ3v) is 7.05. The zero-order valence-electron chi connectivity index (χ0n) is 21.6. The number of fused-ring (bicyclic) bond motifs is 1. The molecular formula is C29H27F3N6O. The molecule has 10 heteroatoms. The number of halogens is 3. The second-order valence-electron chi connectivity index (χ2n) is 9.80. The highest BCUT2D eigenvalue weighted by molar-refractivity contribution is 6.04. The van der Waals surface area contributed by atoms with E-state index in [0.717, 1.165) is 37.3 Å². The fraction of sp³-hybridized carbons (Fsp3) is 0.310. The summed E-state index contributed by atoms with van der Waals surface area (Å²) in [5.74, 6) is 5.88. The van der Waals surface area contributed by atoms with Gasteiger partial charge in [-0.2, -0.15) is 18.3 Å². The maximum Gasteiger partial charge on any atom is 0.416 e. The molecule has 0 unspecified atom stereocenters. The number of alkyl halides is 3. The van der Waals surface area contributed by atoms with Crippen molar-refractivity contribution < 1.29 is 18.0 Å². The average Bonchev–Trinajstić information content (AvgIpc) is 3.29. The molecule has 0 spiro atoms. The van der Waals surface area contributed by atoms with Crippen molar-refractivity contribution in [3.05, 3.63) is 76.2 Å². The molecule has 5 rings (SSSR count). The normalized spacial score (nSPS) is 14.2. The standard InChI is InChI=1S/C29H27F3N6O/c1-17-9-12-21(36-28(39)20-10-8-18(2)23(15-20)29(30,31)32)14-19(17)11-13-24-25-26(33)34-16-35-27(25)38(37-24)22-6-4-3-5-7-22/h8-10,12,14-16,22H,3-7H2,1-2H3,(H,36,39)(H2,33,34,35). The van der Waals surface area contributed by atoms with Crippen LogP contribution in [0.25, 0.3) is 11.0 Å². The first-order chi connectivity index (χ1) is 18.6. The molecule has 0 saturated heterocycles. The van der Waals surface area contributed by atoms with E-state index in [-0.39, 0.29) is 17.2 Å². The van der Waals surface area contributed by atoms with Crippen LogP contribution in [-0.2, 0) is 6.18 Å². The number of anilines is 2. The summed E-state index contributed by atoms with van der Waals surface area (Å²) in [5.41, 5.74) is 8.34. The molecule has 200 valence electrons. The molecule has 1 amide bonds. The summed E-state index contributed by atoms with van der Waals surface area (Å²) < 4.78 is 41.8. The number of carbonyl (C=O) groups excluding carboxylic acids is 1. The lowest BCUT2D eigenvalue weighted by molar-refractivity contribution is -0.138. The molecule has 0 aliphatic heterocycles. The number of carbonyl (C=O) groups is 1. The van der Waals surface area contributed by atoms with Crippen LogP contribution in [0.1, 0.15) is 76.5 Å². The molecule has 1 saturated carbocycles. The van der Waals surface area contributed by atoms with E-state index in [0.29, 0.717) is 33.8 Å². The van der Waals surface area contributed by atoms with Crippen molar-refractivity contribution in [2.24, 2.45) is 0 Å². The predicted octanol–water partition coefficient (Wildman–Crippen LogP) is 6.20. The first-order valence-corrected chi connectivity index (χ1v) is 12.7. The van der Waals surface area contributed by atoms with Gasteiger partial charge >= 0.3 is 6.18 Å². The Morgan fingerprint density at radius 3 is 2.51 bits per heavy atom. The van der Waals surface area contributed by atoms with Crippen molar-refractivity contribution >= 4 is 28.4 Å². The van der Waals surface area contributed by atoms with Crippen LogP contribution in [0.2, 0.25) is 0 Å². The van der Waals surface area contributed by atoms with Gasteiger partial charge in [0, 0.05) is 16.8 Å². The van der Waals surface area contributed by atoms with Crippen LogP contribution in [0.5, 0.6) is 0 Å². The second kappa shape index (κ2) is 10.4. The maximum absolute atomic E-state index is 13.3. The molecule has 1 aliphatic carbocycles. The first kappa shape index (κ1) is 26.2. The number of amides is 1. The molecule has 3 N–H and O–H groups in total. The topological polar surface area (TPSA) is 98.7 Å². The molecule has 0 radical (unpaired) electrons. The van der Waals surface area contributed by atoms with Gasteiger partial charge in [0.1, 0.15) is 17.8 Å². The van der Waals surface area contributed by atoms with Crippen molar-refractivity contribution in [3.63, 3.8) is 0 Å². The van der Waals surface area contributed by atoms with E-state index in [1.165, 1.54) is 31.8 Å². The monoisotopic (exact) mass is 532 g/mol. The van der Waals surface area contributed by atoms with Crippen LogP contribution in [0, 0.1) is 25.7 Å². The Morgan fingerprint density at radius 2 is 1.77 bits per heavy atom. The van der Waals surface area contributed by atoms with E-state index < -0.39 is 17.6 Å². The number of nitrogen functional groups attached to an aromatic ring is 1. The van der Waals surface area contributed by atoms with Gasteiger partial charge in [0.15, 0.2) is 5.65 Å². The molecule has 4 aromatic rings. The van der Waals surface area contributed by atoms with Crippen LogP contribution in [0.15, 0.2) is 42.7 Å². The van der Waals surface area contributed by atoms with Crippen LogP contribution in [0.3, 0.4) is 0 Å².